The number of allylic oxidation sites excluding steroid dienone is 6. The zero-order chi connectivity index (χ0) is 52.8. The molecule has 0 fully saturated rings. The summed E-state index contributed by atoms with van der Waals surface area (Å²) in [6.07, 6.45) is 9.84. The molecule has 5 aromatic rings. The number of hydrogen-bond donors (Lipinski definition) is 5. The van der Waals surface area contributed by atoms with E-state index < -0.39 is 83.4 Å². The lowest BCUT2D eigenvalue weighted by molar-refractivity contribution is -0.438. The van der Waals surface area contributed by atoms with E-state index in [1.807, 2.05) is 32.1 Å². The monoisotopic (exact) mass is 1070 g/mol. The van der Waals surface area contributed by atoms with Crippen molar-refractivity contribution in [1.29, 1.82) is 0 Å². The Morgan fingerprint density at radius 2 is 1.38 bits per heavy atom. The Morgan fingerprint density at radius 3 is 1.94 bits per heavy atom. The van der Waals surface area contributed by atoms with E-state index in [4.69, 9.17) is 12.6 Å². The maximum Gasteiger partial charge on any atom is 0.425 e. The number of carboxylic acids is 1. The molecule has 2 aliphatic rings. The summed E-state index contributed by atoms with van der Waals surface area (Å²) in [5, 5.41) is 11.1. The van der Waals surface area contributed by atoms with Crippen molar-refractivity contribution in [1.82, 2.24) is 4.98 Å². The molecule has 25 heteroatoms. The van der Waals surface area contributed by atoms with E-state index in [9.17, 15) is 61.8 Å². The highest BCUT2D eigenvalue weighted by molar-refractivity contribution is 7.87. The predicted octanol–water partition coefficient (Wildman–Crippen LogP) is 6.60. The molecule has 0 spiro atoms. The Balaban J connectivity index is 0.00000199. The molecule has 0 amide bonds. The fraction of sp³-hybridized carbons (Fsp3) is 0.283. The summed E-state index contributed by atoms with van der Waals surface area (Å²) in [7, 11) is -22.1. The molecule has 2 aliphatic heterocycles. The number of carboxylic acid groups (broad SMARTS) is 1. The molecule has 20 nitrogen and oxygen atoms in total. The number of unbranched alkanes of at least 4 members (excludes halogenated alkanes) is 1. The highest BCUT2D eigenvalue weighted by atomic mass is 32.2. The Kier molecular flexibility index (Phi) is 15.2. The summed E-state index contributed by atoms with van der Waals surface area (Å²) in [5.41, 5.74) is 2.53. The number of pyridine rings is 1. The fourth-order valence-electron chi connectivity index (χ4n) is 9.18. The number of benzene rings is 4. The van der Waals surface area contributed by atoms with E-state index in [2.05, 4.69) is 16.5 Å². The van der Waals surface area contributed by atoms with Crippen LogP contribution in [0.4, 0.5) is 11.4 Å². The third kappa shape index (κ3) is 11.5. The molecule has 0 atom stereocenters. The first-order chi connectivity index (χ1) is 32.8. The summed E-state index contributed by atoms with van der Waals surface area (Å²) in [4.78, 5) is 16.3. The van der Waals surface area contributed by atoms with Crippen molar-refractivity contribution in [2.45, 2.75) is 79.4 Å². The minimum Gasteiger partial charge on any atom is -0.478 e. The second kappa shape index (κ2) is 19.9. The summed E-state index contributed by atoms with van der Waals surface area (Å²) < 4.78 is 166. The average Bonchev–Trinajstić information content (AvgIpc) is 3.61. The third-order valence-electron chi connectivity index (χ3n) is 12.3. The molecule has 0 aliphatic carbocycles. The number of hydrogen-bond acceptors (Lipinski definition) is 14. The van der Waals surface area contributed by atoms with Crippen molar-refractivity contribution in [2.24, 2.45) is 0 Å². The molecule has 1 aromatic heterocycles. The van der Waals surface area contributed by atoms with Gasteiger partial charge in [-0.15, -0.1) is 12.6 Å². The summed E-state index contributed by atoms with van der Waals surface area (Å²) >= 11 is 0. The van der Waals surface area contributed by atoms with Crippen LogP contribution in [-0.2, 0) is 61.9 Å². The second-order valence-electron chi connectivity index (χ2n) is 17.6. The Morgan fingerprint density at radius 1 is 0.746 bits per heavy atom. The van der Waals surface area contributed by atoms with Gasteiger partial charge in [-0.3, -0.25) is 23.2 Å². The van der Waals surface area contributed by atoms with Gasteiger partial charge in [-0.2, -0.15) is 38.2 Å². The van der Waals surface area contributed by atoms with E-state index in [1.165, 1.54) is 42.6 Å². The molecule has 5 N–H and O–H groups in total. The van der Waals surface area contributed by atoms with Crippen LogP contribution in [0.1, 0.15) is 81.1 Å². The lowest BCUT2D eigenvalue weighted by Crippen LogP contribution is -2.28. The van der Waals surface area contributed by atoms with Gasteiger partial charge in [0.2, 0.25) is 5.69 Å². The third-order valence-corrected chi connectivity index (χ3v) is 15.6. The van der Waals surface area contributed by atoms with Crippen molar-refractivity contribution in [3.63, 3.8) is 0 Å². The van der Waals surface area contributed by atoms with Crippen LogP contribution in [0.3, 0.4) is 0 Å². The molecular weight excluding hydrogens is 1030 g/mol. The van der Waals surface area contributed by atoms with E-state index >= 15 is 0 Å². The Hall–Kier alpha value is -6.03. The molecule has 7 rings (SSSR count). The van der Waals surface area contributed by atoms with Crippen LogP contribution in [0, 0.1) is 0 Å². The van der Waals surface area contributed by atoms with Gasteiger partial charge >= 0.3 is 16.6 Å². The molecule has 0 bridgehead atoms. The number of aromatic carboxylic acids is 1. The zero-order valence-corrected chi connectivity index (χ0v) is 42.6. The lowest BCUT2D eigenvalue weighted by Gasteiger charge is -2.27. The van der Waals surface area contributed by atoms with Gasteiger partial charge in [-0.25, -0.2) is 4.79 Å². The zero-order valence-electron chi connectivity index (χ0n) is 38.5. The fourth-order valence-corrected chi connectivity index (χ4v) is 11.5. The van der Waals surface area contributed by atoms with Crippen LogP contribution >= 0.6 is 0 Å². The van der Waals surface area contributed by atoms with E-state index in [0.717, 1.165) is 41.3 Å². The molecule has 3 heterocycles. The topological polar surface area (TPSA) is 325 Å². The standard InChI is InChI=1S/C46H47N3O14S4.O3S/c1-6-7-21-48-37-17-11-28-9-14-31(65(55,56)57)24-34(28)42(37)45(2,3)40(48)19-12-29(36-16-10-30(27-47-36)44(50)51)13-20-41-46(4,5)43-35-25-32(66(58,59)60)26-39(67(61,62)63)33(35)15-18-38(43)49(41)22-8-23-64(52,53)54;1-4(2)3/h9-20,24-27H,6-8,21-23H2,1-5H3,(H4-,50,51,52,53,54,55,56,57,58,59,60,61,62,63);/p+1. The predicted molar refractivity (Wildman–Crippen MR) is 263 cm³/mol. The van der Waals surface area contributed by atoms with Crippen molar-refractivity contribution < 1.29 is 79.0 Å². The maximum absolute atomic E-state index is 12.7. The minimum absolute atomic E-state index is 0.0225. The highest BCUT2D eigenvalue weighted by Gasteiger charge is 2.46. The van der Waals surface area contributed by atoms with Crippen LogP contribution in [0.2, 0.25) is 0 Å². The molecular formula is C46H48N3O17S5+. The number of carbonyl (C=O) groups is 1. The second-order valence-corrected chi connectivity index (χ2v) is 23.8. The first-order valence-corrected chi connectivity index (χ1v) is 28.3. The molecule has 0 radical (unpaired) electrons. The normalized spacial score (nSPS) is 16.4. The van der Waals surface area contributed by atoms with E-state index in [-0.39, 0.29) is 34.2 Å². The summed E-state index contributed by atoms with van der Waals surface area (Å²) in [5.74, 6) is -1.83. The van der Waals surface area contributed by atoms with Gasteiger partial charge in [0, 0.05) is 64.6 Å². The van der Waals surface area contributed by atoms with Crippen molar-refractivity contribution in [3.8, 4) is 0 Å². The van der Waals surface area contributed by atoms with Gasteiger partial charge in [0.05, 0.1) is 32.2 Å². The Labute approximate surface area is 411 Å². The summed E-state index contributed by atoms with van der Waals surface area (Å²) in [6.45, 7) is 10.1. The van der Waals surface area contributed by atoms with E-state index in [0.29, 0.717) is 46.2 Å². The molecule has 0 saturated heterocycles. The SMILES string of the molecule is CCCC[N+]1=C(/C=C/C(=C/C=C2/N(CCCS(=O)(=O)O)c3ccc4c(S(=O)(=O)O)cc(S(=O)(=O)O)cc4c3C2(C)C)c2ccc(C(=O)O)cn2)C(C)(C)c2c1ccc1ccc(S(=O)(=O)O)cc21.O=S(=O)=O. The van der Waals surface area contributed by atoms with Crippen molar-refractivity contribution >= 4 is 101 Å². The van der Waals surface area contributed by atoms with Gasteiger partial charge < -0.3 is 10.0 Å². The van der Waals surface area contributed by atoms with Crippen LogP contribution in [0.25, 0.3) is 27.1 Å². The molecule has 378 valence electrons. The van der Waals surface area contributed by atoms with Crippen LogP contribution in [0.15, 0.2) is 118 Å². The quantitative estimate of drug-likeness (QED) is 0.0419. The largest absolute Gasteiger partial charge is 0.478 e. The highest BCUT2D eigenvalue weighted by Crippen LogP contribution is 2.52. The molecule has 0 saturated carbocycles. The maximum atomic E-state index is 12.7. The van der Waals surface area contributed by atoms with Gasteiger partial charge in [-0.1, -0.05) is 45.4 Å². The van der Waals surface area contributed by atoms with Crippen LogP contribution < -0.4 is 4.90 Å². The first kappa shape index (κ1) is 54.3. The van der Waals surface area contributed by atoms with E-state index in [1.54, 1.807) is 43.0 Å². The Bertz CT molecular complexity index is 3750. The molecule has 4 aromatic carbocycles. The average molecular weight is 1080 g/mol. The number of anilines is 1. The molecule has 0 unspecified atom stereocenters. The number of aromatic nitrogens is 1. The van der Waals surface area contributed by atoms with Crippen molar-refractivity contribution in [3.05, 3.63) is 125 Å². The van der Waals surface area contributed by atoms with Gasteiger partial charge in [0.25, 0.3) is 40.5 Å². The smallest absolute Gasteiger partial charge is 0.425 e. The van der Waals surface area contributed by atoms with Gasteiger partial charge in [0.15, 0.2) is 5.71 Å². The lowest BCUT2D eigenvalue weighted by atomic mass is 9.79. The number of nitrogens with zero attached hydrogens (tertiary/aromatic N) is 3. The first-order valence-electron chi connectivity index (χ1n) is 21.3. The molecule has 71 heavy (non-hydrogen) atoms. The summed E-state index contributed by atoms with van der Waals surface area (Å²) in [6, 6.07) is 15.8. The number of rotatable bonds is 15. The van der Waals surface area contributed by atoms with Gasteiger partial charge in [-0.05, 0) is 103 Å². The van der Waals surface area contributed by atoms with Crippen LogP contribution in [0.5, 0.6) is 0 Å². The van der Waals surface area contributed by atoms with Crippen LogP contribution in [-0.4, -0.2) is 110 Å². The minimum atomic E-state index is -5.05. The van der Waals surface area contributed by atoms with Crippen molar-refractivity contribution in [2.75, 3.05) is 23.7 Å². The van der Waals surface area contributed by atoms with Gasteiger partial charge in [0.1, 0.15) is 11.4 Å². The number of fused-ring (bicyclic) bond motifs is 6.